The molecular formula is C21H19N3OS. The van der Waals surface area contributed by atoms with Gasteiger partial charge in [-0.1, -0.05) is 48.5 Å². The Bertz CT molecular complexity index is 1060. The SMILES string of the molecule is C[C@@H](N[C@H](c1ccccc1)c1cccs1)c1nc2ccccc2c(=O)[nH]1. The van der Waals surface area contributed by atoms with Crippen LogP contribution < -0.4 is 10.9 Å². The van der Waals surface area contributed by atoms with Crippen LogP contribution in [0.3, 0.4) is 0 Å². The van der Waals surface area contributed by atoms with E-state index in [-0.39, 0.29) is 17.6 Å². The predicted molar refractivity (Wildman–Crippen MR) is 107 cm³/mol. The average molecular weight is 361 g/mol. The summed E-state index contributed by atoms with van der Waals surface area (Å²) in [7, 11) is 0. The highest BCUT2D eigenvalue weighted by molar-refractivity contribution is 7.10. The molecule has 0 unspecified atom stereocenters. The van der Waals surface area contributed by atoms with Crippen LogP contribution in [-0.2, 0) is 0 Å². The molecule has 0 fully saturated rings. The quantitative estimate of drug-likeness (QED) is 0.553. The molecule has 4 aromatic rings. The molecule has 26 heavy (non-hydrogen) atoms. The first kappa shape index (κ1) is 16.7. The Morgan fingerprint density at radius 3 is 2.54 bits per heavy atom. The number of aromatic nitrogens is 2. The number of aromatic amines is 1. The van der Waals surface area contributed by atoms with E-state index in [2.05, 4.69) is 44.9 Å². The van der Waals surface area contributed by atoms with E-state index in [1.807, 2.05) is 43.3 Å². The Balaban J connectivity index is 1.69. The van der Waals surface area contributed by atoms with Gasteiger partial charge in [0.15, 0.2) is 0 Å². The Morgan fingerprint density at radius 2 is 1.77 bits per heavy atom. The van der Waals surface area contributed by atoms with Crippen molar-refractivity contribution in [2.24, 2.45) is 0 Å². The fraction of sp³-hybridized carbons (Fsp3) is 0.143. The van der Waals surface area contributed by atoms with Gasteiger partial charge in [-0.2, -0.15) is 0 Å². The van der Waals surface area contributed by atoms with E-state index in [0.717, 1.165) is 0 Å². The summed E-state index contributed by atoms with van der Waals surface area (Å²) >= 11 is 1.71. The Hall–Kier alpha value is -2.76. The van der Waals surface area contributed by atoms with Gasteiger partial charge in [-0.25, -0.2) is 4.98 Å². The third-order valence-corrected chi connectivity index (χ3v) is 5.36. The van der Waals surface area contributed by atoms with Crippen molar-refractivity contribution in [1.29, 1.82) is 0 Å². The standard InChI is InChI=1S/C21H19N3OS/c1-14(20-23-17-11-6-5-10-16(17)21(25)24-20)22-19(18-12-7-13-26-18)15-8-3-2-4-9-15/h2-14,19,22H,1H3,(H,23,24,25)/t14-,19-/m1/s1. The van der Waals surface area contributed by atoms with Crippen LogP contribution in [-0.4, -0.2) is 9.97 Å². The fourth-order valence-corrected chi connectivity index (χ4v) is 3.89. The van der Waals surface area contributed by atoms with Gasteiger partial charge in [-0.15, -0.1) is 11.3 Å². The van der Waals surface area contributed by atoms with Crippen LogP contribution in [0.5, 0.6) is 0 Å². The summed E-state index contributed by atoms with van der Waals surface area (Å²) in [4.78, 5) is 21.2. The monoisotopic (exact) mass is 361 g/mol. The third kappa shape index (κ3) is 3.31. The zero-order valence-electron chi connectivity index (χ0n) is 14.3. The second kappa shape index (κ2) is 7.23. The predicted octanol–water partition coefficient (Wildman–Crippen LogP) is 4.42. The third-order valence-electron chi connectivity index (χ3n) is 4.42. The molecule has 0 saturated heterocycles. The van der Waals surface area contributed by atoms with E-state index < -0.39 is 0 Å². The van der Waals surface area contributed by atoms with Crippen LogP contribution in [0.15, 0.2) is 76.9 Å². The molecule has 4 nitrogen and oxygen atoms in total. The van der Waals surface area contributed by atoms with Crippen LogP contribution in [0.4, 0.5) is 0 Å². The Labute approximate surface area is 155 Å². The maximum absolute atomic E-state index is 12.4. The lowest BCUT2D eigenvalue weighted by molar-refractivity contribution is 0.500. The maximum atomic E-state index is 12.4. The van der Waals surface area contributed by atoms with E-state index in [4.69, 9.17) is 0 Å². The number of para-hydroxylation sites is 1. The highest BCUT2D eigenvalue weighted by Crippen LogP contribution is 2.28. The number of hydrogen-bond acceptors (Lipinski definition) is 4. The maximum Gasteiger partial charge on any atom is 0.258 e. The minimum absolute atomic E-state index is 0.0444. The van der Waals surface area contributed by atoms with E-state index in [9.17, 15) is 4.79 Å². The molecule has 2 N–H and O–H groups in total. The van der Waals surface area contributed by atoms with Gasteiger partial charge < -0.3 is 4.98 Å². The van der Waals surface area contributed by atoms with Crippen LogP contribution in [0.2, 0.25) is 0 Å². The Morgan fingerprint density at radius 1 is 1.00 bits per heavy atom. The molecule has 0 aliphatic carbocycles. The van der Waals surface area contributed by atoms with Crippen molar-refractivity contribution in [3.05, 3.63) is 98.7 Å². The molecule has 0 aliphatic heterocycles. The average Bonchev–Trinajstić information content (AvgIpc) is 3.21. The van der Waals surface area contributed by atoms with Gasteiger partial charge in [0.1, 0.15) is 5.82 Å². The number of thiophene rings is 1. The molecule has 0 bridgehead atoms. The molecule has 2 atom stereocenters. The van der Waals surface area contributed by atoms with Gasteiger partial charge in [-0.05, 0) is 36.1 Å². The summed E-state index contributed by atoms with van der Waals surface area (Å²) in [5.74, 6) is 0.645. The van der Waals surface area contributed by atoms with Gasteiger partial charge in [0, 0.05) is 4.88 Å². The molecular weight excluding hydrogens is 342 g/mol. The van der Waals surface area contributed by atoms with Gasteiger partial charge in [-0.3, -0.25) is 10.1 Å². The normalized spacial score (nSPS) is 13.6. The molecule has 130 valence electrons. The smallest absolute Gasteiger partial charge is 0.258 e. The van der Waals surface area contributed by atoms with E-state index in [1.165, 1.54) is 10.4 Å². The van der Waals surface area contributed by atoms with E-state index in [0.29, 0.717) is 16.7 Å². The van der Waals surface area contributed by atoms with E-state index >= 15 is 0 Å². The van der Waals surface area contributed by atoms with Crippen LogP contribution in [0, 0.1) is 0 Å². The van der Waals surface area contributed by atoms with Crippen molar-refractivity contribution in [3.8, 4) is 0 Å². The second-order valence-electron chi connectivity index (χ2n) is 6.22. The van der Waals surface area contributed by atoms with Crippen LogP contribution in [0.25, 0.3) is 10.9 Å². The molecule has 0 saturated carbocycles. The summed E-state index contributed by atoms with van der Waals surface area (Å²) in [6.07, 6.45) is 0. The topological polar surface area (TPSA) is 57.8 Å². The van der Waals surface area contributed by atoms with Gasteiger partial charge in [0.2, 0.25) is 0 Å². The van der Waals surface area contributed by atoms with Crippen molar-refractivity contribution in [2.75, 3.05) is 0 Å². The van der Waals surface area contributed by atoms with Crippen LogP contribution in [0.1, 0.15) is 35.3 Å². The molecule has 0 aliphatic rings. The number of H-pyrrole nitrogens is 1. The minimum atomic E-state index is -0.111. The fourth-order valence-electron chi connectivity index (χ4n) is 3.08. The lowest BCUT2D eigenvalue weighted by atomic mass is 10.0. The lowest BCUT2D eigenvalue weighted by Crippen LogP contribution is -2.28. The zero-order valence-corrected chi connectivity index (χ0v) is 15.2. The van der Waals surface area contributed by atoms with Crippen molar-refractivity contribution in [1.82, 2.24) is 15.3 Å². The molecule has 2 heterocycles. The highest BCUT2D eigenvalue weighted by atomic mass is 32.1. The Kier molecular flexibility index (Phi) is 4.65. The number of benzene rings is 2. The van der Waals surface area contributed by atoms with E-state index in [1.54, 1.807) is 17.4 Å². The first-order chi connectivity index (χ1) is 12.7. The van der Waals surface area contributed by atoms with Crippen molar-refractivity contribution >= 4 is 22.2 Å². The minimum Gasteiger partial charge on any atom is -0.309 e. The molecule has 0 amide bonds. The zero-order chi connectivity index (χ0) is 17.9. The van der Waals surface area contributed by atoms with Crippen LogP contribution >= 0.6 is 11.3 Å². The summed E-state index contributed by atoms with van der Waals surface area (Å²) in [6.45, 7) is 2.02. The van der Waals surface area contributed by atoms with Crippen molar-refractivity contribution in [2.45, 2.75) is 19.0 Å². The summed E-state index contributed by atoms with van der Waals surface area (Å²) in [5, 5.41) is 6.31. The highest BCUT2D eigenvalue weighted by Gasteiger charge is 2.20. The molecule has 0 radical (unpaired) electrons. The number of rotatable bonds is 5. The molecule has 2 aromatic carbocycles. The van der Waals surface area contributed by atoms with Gasteiger partial charge in [0.05, 0.1) is 23.0 Å². The molecule has 0 spiro atoms. The number of fused-ring (bicyclic) bond motifs is 1. The second-order valence-corrected chi connectivity index (χ2v) is 7.20. The van der Waals surface area contributed by atoms with Crippen molar-refractivity contribution < 1.29 is 0 Å². The number of nitrogens with zero attached hydrogens (tertiary/aromatic N) is 1. The van der Waals surface area contributed by atoms with Crippen molar-refractivity contribution in [3.63, 3.8) is 0 Å². The number of hydrogen-bond donors (Lipinski definition) is 2. The number of nitrogens with one attached hydrogen (secondary N) is 2. The summed E-state index contributed by atoms with van der Waals surface area (Å²) < 4.78 is 0. The molecule has 4 rings (SSSR count). The molecule has 5 heteroatoms. The first-order valence-corrected chi connectivity index (χ1v) is 9.43. The van der Waals surface area contributed by atoms with Gasteiger partial charge >= 0.3 is 0 Å². The largest absolute Gasteiger partial charge is 0.309 e. The lowest BCUT2D eigenvalue weighted by Gasteiger charge is -2.22. The molecule has 2 aromatic heterocycles. The first-order valence-electron chi connectivity index (χ1n) is 8.56. The summed E-state index contributed by atoms with van der Waals surface area (Å²) in [6, 6.07) is 21.8. The van der Waals surface area contributed by atoms with Gasteiger partial charge in [0.25, 0.3) is 5.56 Å². The summed E-state index contributed by atoms with van der Waals surface area (Å²) in [5.41, 5.74) is 1.80.